The van der Waals surface area contributed by atoms with Crippen LogP contribution in [0.4, 0.5) is 4.79 Å². The molecule has 0 aliphatic heterocycles. The van der Waals surface area contributed by atoms with Crippen molar-refractivity contribution in [2.45, 2.75) is 77.8 Å². The van der Waals surface area contributed by atoms with Gasteiger partial charge in [-0.2, -0.15) is 0 Å². The molecule has 0 radical (unpaired) electrons. The highest BCUT2D eigenvalue weighted by Gasteiger charge is 2.26. The highest BCUT2D eigenvalue weighted by Crippen LogP contribution is 2.24. The Morgan fingerprint density at radius 1 is 1.10 bits per heavy atom. The van der Waals surface area contributed by atoms with Crippen LogP contribution >= 0.6 is 0 Å². The Bertz CT molecular complexity index is 336. The number of amides is 2. The molecule has 1 atom stereocenters. The number of urea groups is 1. The topological polar surface area (TPSA) is 78.4 Å². The van der Waals surface area contributed by atoms with Gasteiger partial charge >= 0.3 is 12.0 Å². The van der Waals surface area contributed by atoms with Crippen LogP contribution in [0.25, 0.3) is 0 Å². The van der Waals surface area contributed by atoms with Crippen molar-refractivity contribution in [1.82, 2.24) is 10.6 Å². The third-order valence-corrected chi connectivity index (χ3v) is 4.21. The first-order valence-corrected chi connectivity index (χ1v) is 8.18. The summed E-state index contributed by atoms with van der Waals surface area (Å²) in [6.07, 6.45) is 6.14. The van der Waals surface area contributed by atoms with E-state index < -0.39 is 5.97 Å². The first kappa shape index (κ1) is 17.8. The van der Waals surface area contributed by atoms with E-state index in [0.29, 0.717) is 18.8 Å². The fraction of sp³-hybridized carbons (Fsp3) is 0.875. The number of carbonyl (C=O) groups is 2. The van der Waals surface area contributed by atoms with E-state index in [1.165, 1.54) is 6.42 Å². The summed E-state index contributed by atoms with van der Waals surface area (Å²) < 4.78 is 0. The second kappa shape index (κ2) is 8.90. The maximum absolute atomic E-state index is 11.9. The number of hydrogen-bond acceptors (Lipinski definition) is 2. The van der Waals surface area contributed by atoms with E-state index in [2.05, 4.69) is 24.5 Å². The van der Waals surface area contributed by atoms with Gasteiger partial charge in [-0.25, -0.2) is 4.79 Å². The molecule has 5 heteroatoms. The molecule has 21 heavy (non-hydrogen) atoms. The van der Waals surface area contributed by atoms with Crippen LogP contribution < -0.4 is 10.6 Å². The van der Waals surface area contributed by atoms with Crippen molar-refractivity contribution in [2.75, 3.05) is 0 Å². The van der Waals surface area contributed by atoms with Crippen molar-refractivity contribution in [3.8, 4) is 0 Å². The molecule has 1 aliphatic carbocycles. The summed E-state index contributed by atoms with van der Waals surface area (Å²) in [5.74, 6) is -0.242. The zero-order chi connectivity index (χ0) is 15.8. The van der Waals surface area contributed by atoms with Crippen LogP contribution in [0.15, 0.2) is 0 Å². The van der Waals surface area contributed by atoms with Crippen LogP contribution in [0.3, 0.4) is 0 Å². The number of nitrogens with one attached hydrogen (secondary N) is 2. The Labute approximate surface area is 127 Å². The largest absolute Gasteiger partial charge is 0.481 e. The van der Waals surface area contributed by atoms with Crippen LogP contribution in [0.1, 0.15) is 65.7 Å². The van der Waals surface area contributed by atoms with Gasteiger partial charge in [0.05, 0.1) is 5.92 Å². The van der Waals surface area contributed by atoms with Crippen molar-refractivity contribution < 1.29 is 14.7 Å². The number of carbonyl (C=O) groups excluding carboxylic acids is 1. The van der Waals surface area contributed by atoms with E-state index in [1.807, 2.05) is 6.92 Å². The molecule has 0 aromatic heterocycles. The number of aliphatic carboxylic acids is 1. The van der Waals surface area contributed by atoms with Crippen molar-refractivity contribution in [2.24, 2.45) is 11.8 Å². The number of carboxylic acid groups (broad SMARTS) is 1. The first-order chi connectivity index (χ1) is 9.88. The summed E-state index contributed by atoms with van der Waals surface area (Å²) in [6.45, 7) is 6.44. The van der Waals surface area contributed by atoms with E-state index in [4.69, 9.17) is 5.11 Å². The van der Waals surface area contributed by atoms with E-state index in [9.17, 15) is 9.59 Å². The van der Waals surface area contributed by atoms with E-state index in [-0.39, 0.29) is 24.0 Å². The normalized spacial score (nSPS) is 23.6. The molecule has 1 unspecified atom stereocenters. The minimum Gasteiger partial charge on any atom is -0.481 e. The van der Waals surface area contributed by atoms with Gasteiger partial charge in [-0.1, -0.05) is 26.7 Å². The van der Waals surface area contributed by atoms with Gasteiger partial charge in [-0.05, 0) is 44.9 Å². The molecule has 1 saturated carbocycles. The highest BCUT2D eigenvalue weighted by atomic mass is 16.4. The van der Waals surface area contributed by atoms with Gasteiger partial charge in [0.15, 0.2) is 0 Å². The van der Waals surface area contributed by atoms with Crippen molar-refractivity contribution in [3.63, 3.8) is 0 Å². The predicted octanol–water partition coefficient (Wildman–Crippen LogP) is 3.14. The lowest BCUT2D eigenvalue weighted by molar-refractivity contribution is -0.142. The van der Waals surface area contributed by atoms with Crippen molar-refractivity contribution in [3.05, 3.63) is 0 Å². The molecule has 1 fully saturated rings. The average Bonchev–Trinajstić information content (AvgIpc) is 2.38. The zero-order valence-corrected chi connectivity index (χ0v) is 13.5. The molecule has 3 N–H and O–H groups in total. The molecule has 1 rings (SSSR count). The molecule has 122 valence electrons. The molecule has 5 nitrogen and oxygen atoms in total. The molecular formula is C16H30N2O3. The predicted molar refractivity (Wildman–Crippen MR) is 83.2 cm³/mol. The Hall–Kier alpha value is -1.26. The van der Waals surface area contributed by atoms with Gasteiger partial charge in [0.2, 0.25) is 0 Å². The summed E-state index contributed by atoms with van der Waals surface area (Å²) in [4.78, 5) is 22.8. The lowest BCUT2D eigenvalue weighted by Gasteiger charge is -2.27. The Morgan fingerprint density at radius 2 is 1.71 bits per heavy atom. The van der Waals surface area contributed by atoms with Gasteiger partial charge in [0, 0.05) is 12.1 Å². The molecule has 0 heterocycles. The number of carboxylic acids is 1. The summed E-state index contributed by atoms with van der Waals surface area (Å²) in [5.41, 5.74) is 0. The molecule has 0 aromatic rings. The summed E-state index contributed by atoms with van der Waals surface area (Å²) in [7, 11) is 0. The SMILES string of the molecule is CC(C)CCCC(C)NC(=O)NC1CCC(C(=O)O)CC1. The smallest absolute Gasteiger partial charge is 0.315 e. The van der Waals surface area contributed by atoms with Gasteiger partial charge in [-0.15, -0.1) is 0 Å². The van der Waals surface area contributed by atoms with Crippen LogP contribution in [0.5, 0.6) is 0 Å². The first-order valence-electron chi connectivity index (χ1n) is 8.18. The fourth-order valence-electron chi connectivity index (χ4n) is 2.84. The minimum atomic E-state index is -0.711. The van der Waals surface area contributed by atoms with Gasteiger partial charge < -0.3 is 15.7 Å². The second-order valence-corrected chi connectivity index (χ2v) is 6.73. The summed E-state index contributed by atoms with van der Waals surface area (Å²) in [5, 5.41) is 14.9. The highest BCUT2D eigenvalue weighted by molar-refractivity contribution is 5.74. The Balaban J connectivity index is 2.17. The standard InChI is InChI=1S/C16H30N2O3/c1-11(2)5-4-6-12(3)17-16(21)18-14-9-7-13(8-10-14)15(19)20/h11-14H,4-10H2,1-3H3,(H,19,20)(H2,17,18,21). The lowest BCUT2D eigenvalue weighted by Crippen LogP contribution is -2.46. The zero-order valence-electron chi connectivity index (χ0n) is 13.5. The third-order valence-electron chi connectivity index (χ3n) is 4.21. The number of rotatable bonds is 7. The Morgan fingerprint density at radius 3 is 2.24 bits per heavy atom. The van der Waals surface area contributed by atoms with Crippen LogP contribution in [0, 0.1) is 11.8 Å². The van der Waals surface area contributed by atoms with Crippen LogP contribution in [0.2, 0.25) is 0 Å². The van der Waals surface area contributed by atoms with E-state index in [1.54, 1.807) is 0 Å². The summed E-state index contributed by atoms with van der Waals surface area (Å²) in [6, 6.07) is 0.174. The second-order valence-electron chi connectivity index (χ2n) is 6.73. The quantitative estimate of drug-likeness (QED) is 0.675. The maximum Gasteiger partial charge on any atom is 0.315 e. The van der Waals surface area contributed by atoms with Crippen LogP contribution in [-0.2, 0) is 4.79 Å². The van der Waals surface area contributed by atoms with E-state index in [0.717, 1.165) is 25.7 Å². The van der Waals surface area contributed by atoms with E-state index >= 15 is 0 Å². The molecular weight excluding hydrogens is 268 g/mol. The molecule has 0 aromatic carbocycles. The Kier molecular flexibility index (Phi) is 7.54. The lowest BCUT2D eigenvalue weighted by atomic mass is 9.86. The molecule has 0 saturated heterocycles. The van der Waals surface area contributed by atoms with Crippen molar-refractivity contribution >= 4 is 12.0 Å². The minimum absolute atomic E-state index is 0.114. The molecule has 1 aliphatic rings. The molecule has 0 spiro atoms. The van der Waals surface area contributed by atoms with Gasteiger partial charge in [0.25, 0.3) is 0 Å². The van der Waals surface area contributed by atoms with Crippen molar-refractivity contribution in [1.29, 1.82) is 0 Å². The number of hydrogen-bond donors (Lipinski definition) is 3. The molecule has 0 bridgehead atoms. The maximum atomic E-state index is 11.9. The average molecular weight is 298 g/mol. The third kappa shape index (κ3) is 7.34. The molecule has 2 amide bonds. The monoisotopic (exact) mass is 298 g/mol. The summed E-state index contributed by atoms with van der Waals surface area (Å²) >= 11 is 0. The van der Waals surface area contributed by atoms with Gasteiger partial charge in [0.1, 0.15) is 0 Å². The fourth-order valence-corrected chi connectivity index (χ4v) is 2.84. The van der Waals surface area contributed by atoms with Crippen LogP contribution in [-0.4, -0.2) is 29.2 Å². The van der Waals surface area contributed by atoms with Gasteiger partial charge in [-0.3, -0.25) is 4.79 Å².